The van der Waals surface area contributed by atoms with Gasteiger partial charge in [0, 0.05) is 57.2 Å². The topological polar surface area (TPSA) is 153 Å². The van der Waals surface area contributed by atoms with Crippen LogP contribution in [0.4, 0.5) is 34.6 Å². The lowest BCUT2D eigenvalue weighted by Gasteiger charge is -2.27. The molecule has 92 heavy (non-hydrogen) atoms. The van der Waals surface area contributed by atoms with Gasteiger partial charge >= 0.3 is 0 Å². The number of nitrogens with zero attached hydrogens (tertiary/aromatic N) is 16. The molecule has 0 saturated carbocycles. The lowest BCUT2D eigenvalue weighted by atomic mass is 9.95. The van der Waals surface area contributed by atoms with Crippen LogP contribution in [0.15, 0.2) is 122 Å². The summed E-state index contributed by atoms with van der Waals surface area (Å²) >= 11 is 0. The van der Waals surface area contributed by atoms with Crippen LogP contribution >= 0.6 is 0 Å². The Hall–Kier alpha value is -9.70. The van der Waals surface area contributed by atoms with Gasteiger partial charge < -0.3 is 8.80 Å². The number of imidazole rings is 4. The number of anilines is 6. The summed E-state index contributed by atoms with van der Waals surface area (Å²) in [7, 11) is 0. The molecule has 0 aliphatic rings. The van der Waals surface area contributed by atoms with Crippen molar-refractivity contribution in [1.29, 1.82) is 0 Å². The maximum atomic E-state index is 5.53. The minimum Gasteiger partial charge on any atom is -0.304 e. The lowest BCUT2D eigenvalue weighted by molar-refractivity contribution is 0.532. The highest BCUT2D eigenvalue weighted by molar-refractivity contribution is 5.98. The second-order valence-corrected chi connectivity index (χ2v) is 28.7. The van der Waals surface area contributed by atoms with E-state index >= 15 is 0 Å². The predicted molar refractivity (Wildman–Crippen MR) is 378 cm³/mol. The molecule has 0 atom stereocenters. The third kappa shape index (κ3) is 10.8. The first-order chi connectivity index (χ1) is 43.4. The van der Waals surface area contributed by atoms with Gasteiger partial charge in [0.05, 0.1) is 45.9 Å². The normalized spacial score (nSPS) is 12.5. The van der Waals surface area contributed by atoms with Crippen LogP contribution in [0.25, 0.3) is 66.2 Å². The first-order valence-corrected chi connectivity index (χ1v) is 32.1. The summed E-state index contributed by atoms with van der Waals surface area (Å²) in [6.45, 7) is 47.0. The molecule has 10 heterocycles. The maximum Gasteiger partial charge on any atom is 0.168 e. The Labute approximate surface area is 539 Å². The van der Waals surface area contributed by atoms with Crippen LogP contribution in [0.2, 0.25) is 0 Å². The van der Waals surface area contributed by atoms with Gasteiger partial charge in [0.2, 0.25) is 0 Å². The van der Waals surface area contributed by atoms with E-state index in [1.54, 1.807) is 0 Å². The molecule has 470 valence electrons. The van der Waals surface area contributed by atoms with E-state index in [0.717, 1.165) is 125 Å². The zero-order valence-corrected chi connectivity index (χ0v) is 57.7. The van der Waals surface area contributed by atoms with Crippen molar-refractivity contribution in [3.8, 4) is 0 Å². The highest BCUT2D eigenvalue weighted by atomic mass is 15.3. The molecule has 14 rings (SSSR count). The van der Waals surface area contributed by atoms with Crippen LogP contribution in [-0.2, 0) is 21.7 Å². The molecular weight excluding hydrogens is 1140 g/mol. The zero-order chi connectivity index (χ0) is 66.0. The van der Waals surface area contributed by atoms with Crippen LogP contribution in [0.5, 0.6) is 0 Å². The first kappa shape index (κ1) is 62.5. The van der Waals surface area contributed by atoms with Crippen molar-refractivity contribution in [3.05, 3.63) is 190 Å². The Morgan fingerprint density at radius 3 is 1.09 bits per heavy atom. The molecule has 0 bridgehead atoms. The summed E-state index contributed by atoms with van der Waals surface area (Å²) in [5.74, 6) is 6.45. The largest absolute Gasteiger partial charge is 0.304 e. The summed E-state index contributed by atoms with van der Waals surface area (Å²) in [4.78, 5) is 56.0. The van der Waals surface area contributed by atoms with Crippen molar-refractivity contribution in [2.45, 2.75) is 174 Å². The van der Waals surface area contributed by atoms with E-state index in [2.05, 4.69) is 276 Å². The van der Waals surface area contributed by atoms with E-state index in [-0.39, 0.29) is 21.7 Å². The number of rotatable bonds is 6. The third-order valence-electron chi connectivity index (χ3n) is 17.0. The number of pyridine rings is 2. The maximum absolute atomic E-state index is 5.53. The summed E-state index contributed by atoms with van der Waals surface area (Å²) in [5.41, 5.74) is 14.7. The van der Waals surface area contributed by atoms with Crippen molar-refractivity contribution in [3.63, 3.8) is 0 Å². The lowest BCUT2D eigenvalue weighted by Crippen LogP contribution is -2.22. The molecule has 0 aliphatic heterocycles. The molecule has 0 unspecified atom stereocenters. The Kier molecular flexibility index (Phi) is 15.4. The van der Waals surface area contributed by atoms with Gasteiger partial charge in [0.15, 0.2) is 45.9 Å². The van der Waals surface area contributed by atoms with Gasteiger partial charge in [-0.05, 0) is 101 Å². The van der Waals surface area contributed by atoms with Crippen LogP contribution in [-0.4, -0.2) is 67.4 Å². The van der Waals surface area contributed by atoms with E-state index in [4.69, 9.17) is 49.8 Å². The van der Waals surface area contributed by atoms with Gasteiger partial charge in [-0.1, -0.05) is 181 Å². The quantitative estimate of drug-likeness (QED) is 0.156. The molecule has 14 aromatic rings. The minimum atomic E-state index is -0.320. The molecule has 0 spiro atoms. The summed E-state index contributed by atoms with van der Waals surface area (Å²) in [6, 6.07) is 30.0. The number of fused-ring (bicyclic) bond motifs is 12. The third-order valence-corrected chi connectivity index (χ3v) is 17.0. The number of aryl methyl sites for hydroxylation is 8. The van der Waals surface area contributed by atoms with Gasteiger partial charge in [0.25, 0.3) is 0 Å². The standard InChI is InChI=1S/C43H55N11.C31H25N5.C2H6/c1-22-18-23(2)29(24(3)19-22)54(32-25(4)52-34(50-32)27-20-44-36(40(6,7)8)46-30(27)48-38(52)42(12,13)14)33-26(5)53-35(51-33)28-21-45-37(41(9,10)11)47-31(28)49-39(53)43(15,16)17;1-20-16-21(2)29(22(3)17-20)36(27-18-34-14-12-23-8-4-6-10-25(23)30(34)32-27)28-19-35-15-13-24-9-5-7-11-26(24)31(35)33-28;1-2/h18-21H,1-17H3;4-19H,1-3H3;1-2H3. The van der Waals surface area contributed by atoms with Crippen LogP contribution < -0.4 is 9.80 Å². The fraction of sp³-hybridized carbons (Fsp3) is 0.342. The van der Waals surface area contributed by atoms with Gasteiger partial charge in [0.1, 0.15) is 34.6 Å². The van der Waals surface area contributed by atoms with Crippen molar-refractivity contribution < 1.29 is 0 Å². The smallest absolute Gasteiger partial charge is 0.168 e. The summed E-state index contributed by atoms with van der Waals surface area (Å²) < 4.78 is 8.59. The second-order valence-electron chi connectivity index (χ2n) is 28.7. The fourth-order valence-corrected chi connectivity index (χ4v) is 12.9. The van der Waals surface area contributed by atoms with Gasteiger partial charge in [-0.25, -0.2) is 49.8 Å². The van der Waals surface area contributed by atoms with E-state index < -0.39 is 0 Å². The zero-order valence-electron chi connectivity index (χ0n) is 57.7. The highest BCUT2D eigenvalue weighted by Gasteiger charge is 2.34. The first-order valence-electron chi connectivity index (χ1n) is 32.1. The van der Waals surface area contributed by atoms with Crippen molar-refractivity contribution in [2.75, 3.05) is 9.80 Å². The average Bonchev–Trinajstić information content (AvgIpc) is 1.54. The minimum absolute atomic E-state index is 0.234. The number of benzene rings is 4. The van der Waals surface area contributed by atoms with Crippen LogP contribution in [0.1, 0.15) is 165 Å². The highest BCUT2D eigenvalue weighted by Crippen LogP contribution is 2.45. The molecule has 4 aromatic carbocycles. The van der Waals surface area contributed by atoms with Crippen LogP contribution in [0.3, 0.4) is 0 Å². The van der Waals surface area contributed by atoms with Crippen molar-refractivity contribution in [1.82, 2.24) is 67.4 Å². The average molecular weight is 1220 g/mol. The van der Waals surface area contributed by atoms with E-state index in [9.17, 15) is 0 Å². The van der Waals surface area contributed by atoms with Crippen molar-refractivity contribution in [2.24, 2.45) is 0 Å². The molecule has 16 nitrogen and oxygen atoms in total. The molecule has 0 fully saturated rings. The SMILES string of the molecule is CC.Cc1cc(C)c(N(c2cn3ccc4ccccc4c3n2)c2cn3ccc4ccccc4c3n2)c(C)c1.Cc1cc(C)c(N(c2nc3c4cnc(C(C)(C)C)nc4nc(C(C)(C)C)n3c2C)c2nc3c4cnc(C(C)(C)C)nc4nc(C(C)(C)C)n3c2C)c(C)c1. The monoisotopic (exact) mass is 1220 g/mol. The van der Waals surface area contributed by atoms with E-state index in [0.29, 0.717) is 11.3 Å². The molecule has 10 aromatic heterocycles. The molecule has 0 radical (unpaired) electrons. The Morgan fingerprint density at radius 2 is 0.728 bits per heavy atom. The Bertz CT molecular complexity index is 4920. The predicted octanol–water partition coefficient (Wildman–Crippen LogP) is 18.6. The Morgan fingerprint density at radius 1 is 0.370 bits per heavy atom. The number of hydrogen-bond donors (Lipinski definition) is 0. The van der Waals surface area contributed by atoms with Crippen molar-refractivity contribution >= 4 is 101 Å². The van der Waals surface area contributed by atoms with Gasteiger partial charge in [-0.3, -0.25) is 18.6 Å². The summed E-state index contributed by atoms with van der Waals surface area (Å²) in [6.07, 6.45) is 12.1. The van der Waals surface area contributed by atoms with Gasteiger partial charge in [-0.15, -0.1) is 0 Å². The molecule has 16 heteroatoms. The molecule has 0 amide bonds. The number of hydrogen-bond acceptors (Lipinski definition) is 12. The Balaban J connectivity index is 0.000000185. The van der Waals surface area contributed by atoms with Crippen LogP contribution in [0, 0.1) is 55.4 Å². The second kappa shape index (κ2) is 22.6. The van der Waals surface area contributed by atoms with E-state index in [1.807, 2.05) is 26.2 Å². The number of aromatic nitrogens is 14. The van der Waals surface area contributed by atoms with E-state index in [1.165, 1.54) is 33.0 Å². The molecule has 0 N–H and O–H groups in total. The molecule has 0 saturated heterocycles. The fourth-order valence-electron chi connectivity index (χ4n) is 12.9. The summed E-state index contributed by atoms with van der Waals surface area (Å²) in [5, 5.41) is 6.21. The molecular formula is C76H86N16. The van der Waals surface area contributed by atoms with Gasteiger partial charge in [-0.2, -0.15) is 0 Å². The molecule has 0 aliphatic carbocycles.